The molecular formula is C19H16F2N2O2S. The van der Waals surface area contributed by atoms with Crippen LogP contribution in [0.5, 0.6) is 0 Å². The maximum atomic E-state index is 14.2. The fraction of sp³-hybridized carbons (Fsp3) is 0.263. The first-order valence-electron chi connectivity index (χ1n) is 8.36. The van der Waals surface area contributed by atoms with E-state index in [4.69, 9.17) is 4.74 Å². The van der Waals surface area contributed by atoms with Crippen molar-refractivity contribution in [3.63, 3.8) is 0 Å². The zero-order valence-corrected chi connectivity index (χ0v) is 14.6. The number of rotatable bonds is 4. The van der Waals surface area contributed by atoms with Gasteiger partial charge in [-0.05, 0) is 37.1 Å². The number of fused-ring (bicyclic) bond motifs is 1. The second-order valence-electron chi connectivity index (χ2n) is 6.14. The summed E-state index contributed by atoms with van der Waals surface area (Å²) < 4.78 is 33.9. The minimum Gasteiger partial charge on any atom is -0.376 e. The monoisotopic (exact) mass is 374 g/mol. The Bertz CT molecular complexity index is 921. The Labute approximate surface area is 153 Å². The Morgan fingerprint density at radius 2 is 2.12 bits per heavy atom. The van der Waals surface area contributed by atoms with Gasteiger partial charge in [0, 0.05) is 12.7 Å². The average molecular weight is 374 g/mol. The molecular weight excluding hydrogens is 358 g/mol. The highest BCUT2D eigenvalue weighted by molar-refractivity contribution is 7.22. The van der Waals surface area contributed by atoms with Crippen LogP contribution in [-0.4, -0.2) is 30.1 Å². The Hall–Kier alpha value is -2.38. The highest BCUT2D eigenvalue weighted by atomic mass is 32.1. The summed E-state index contributed by atoms with van der Waals surface area (Å²) in [5.41, 5.74) is 0.598. The number of hydrogen-bond acceptors (Lipinski definition) is 4. The largest absolute Gasteiger partial charge is 0.376 e. The van der Waals surface area contributed by atoms with E-state index in [9.17, 15) is 13.6 Å². The fourth-order valence-electron chi connectivity index (χ4n) is 3.02. The number of benzene rings is 2. The van der Waals surface area contributed by atoms with E-state index in [1.807, 2.05) is 24.3 Å². The summed E-state index contributed by atoms with van der Waals surface area (Å²) >= 11 is 1.36. The van der Waals surface area contributed by atoms with Crippen molar-refractivity contribution < 1.29 is 18.3 Å². The molecule has 1 fully saturated rings. The van der Waals surface area contributed by atoms with Gasteiger partial charge in [-0.1, -0.05) is 23.5 Å². The SMILES string of the molecule is O=C(c1ccc(F)cc1F)N(C[C@@H]1CCCO1)c1nc2ccccc2s1. The number of halogens is 2. The smallest absolute Gasteiger partial charge is 0.263 e. The number of carbonyl (C=O) groups excluding carboxylic acids is 1. The third-order valence-corrected chi connectivity index (χ3v) is 5.39. The van der Waals surface area contributed by atoms with Gasteiger partial charge < -0.3 is 4.74 Å². The van der Waals surface area contributed by atoms with Gasteiger partial charge in [-0.25, -0.2) is 13.8 Å². The number of para-hydroxylation sites is 1. The van der Waals surface area contributed by atoms with Gasteiger partial charge in [0.05, 0.1) is 28.4 Å². The molecule has 4 rings (SSSR count). The Morgan fingerprint density at radius 1 is 1.27 bits per heavy atom. The van der Waals surface area contributed by atoms with Crippen molar-refractivity contribution in [1.29, 1.82) is 0 Å². The molecule has 134 valence electrons. The summed E-state index contributed by atoms with van der Waals surface area (Å²) in [6.45, 7) is 0.937. The van der Waals surface area contributed by atoms with E-state index in [1.54, 1.807) is 0 Å². The molecule has 1 amide bonds. The summed E-state index contributed by atoms with van der Waals surface area (Å²) in [5, 5.41) is 0.482. The minimum absolute atomic E-state index is 0.116. The standard InChI is InChI=1S/C19H16F2N2O2S/c20-12-7-8-14(15(21)10-12)18(24)23(11-13-4-3-9-25-13)19-22-16-5-1-2-6-17(16)26-19/h1-2,5-8,10,13H,3-4,9,11H2/t13-/m0/s1. The van der Waals surface area contributed by atoms with Crippen molar-refractivity contribution in [3.05, 3.63) is 59.7 Å². The van der Waals surface area contributed by atoms with Crippen molar-refractivity contribution in [2.45, 2.75) is 18.9 Å². The molecule has 2 heterocycles. The van der Waals surface area contributed by atoms with Crippen molar-refractivity contribution in [3.8, 4) is 0 Å². The Morgan fingerprint density at radius 3 is 2.85 bits per heavy atom. The minimum atomic E-state index is -0.881. The molecule has 0 unspecified atom stereocenters. The first-order valence-corrected chi connectivity index (χ1v) is 9.17. The predicted octanol–water partition coefficient (Wildman–Crippen LogP) is 4.40. The third-order valence-electron chi connectivity index (χ3n) is 4.33. The first kappa shape index (κ1) is 17.1. The molecule has 1 saturated heterocycles. The normalized spacial score (nSPS) is 16.9. The van der Waals surface area contributed by atoms with Gasteiger partial charge in [-0.2, -0.15) is 0 Å². The Balaban J connectivity index is 1.72. The van der Waals surface area contributed by atoms with Crippen LogP contribution in [0.25, 0.3) is 10.2 Å². The lowest BCUT2D eigenvalue weighted by Crippen LogP contribution is -2.38. The van der Waals surface area contributed by atoms with E-state index < -0.39 is 17.5 Å². The van der Waals surface area contributed by atoms with Gasteiger partial charge >= 0.3 is 0 Å². The van der Waals surface area contributed by atoms with Crippen LogP contribution in [0.3, 0.4) is 0 Å². The van der Waals surface area contributed by atoms with E-state index >= 15 is 0 Å². The molecule has 2 aromatic carbocycles. The average Bonchev–Trinajstić information content (AvgIpc) is 3.28. The molecule has 0 radical (unpaired) electrons. The maximum Gasteiger partial charge on any atom is 0.263 e. The quantitative estimate of drug-likeness (QED) is 0.680. The van der Waals surface area contributed by atoms with Crippen LogP contribution in [0.15, 0.2) is 42.5 Å². The highest BCUT2D eigenvalue weighted by Crippen LogP contribution is 2.31. The molecule has 4 nitrogen and oxygen atoms in total. The summed E-state index contributed by atoms with van der Waals surface area (Å²) in [4.78, 5) is 19.0. The number of thiazole rings is 1. The highest BCUT2D eigenvalue weighted by Gasteiger charge is 2.28. The van der Waals surface area contributed by atoms with Gasteiger partial charge in [-0.15, -0.1) is 0 Å². The van der Waals surface area contributed by atoms with Crippen LogP contribution in [0.2, 0.25) is 0 Å². The van der Waals surface area contributed by atoms with Crippen molar-refractivity contribution >= 4 is 32.6 Å². The summed E-state index contributed by atoms with van der Waals surface area (Å²) in [5.74, 6) is -2.14. The molecule has 1 aliphatic heterocycles. The van der Waals surface area contributed by atoms with Crippen molar-refractivity contribution in [2.75, 3.05) is 18.1 Å². The number of anilines is 1. The molecule has 7 heteroatoms. The number of aromatic nitrogens is 1. The molecule has 3 aromatic rings. The van der Waals surface area contributed by atoms with E-state index in [0.717, 1.165) is 35.2 Å². The van der Waals surface area contributed by atoms with Gasteiger partial charge in [0.1, 0.15) is 11.6 Å². The van der Waals surface area contributed by atoms with Crippen molar-refractivity contribution in [1.82, 2.24) is 4.98 Å². The second-order valence-corrected chi connectivity index (χ2v) is 7.15. The van der Waals surface area contributed by atoms with Gasteiger partial charge in [-0.3, -0.25) is 9.69 Å². The van der Waals surface area contributed by atoms with Crippen LogP contribution in [0.1, 0.15) is 23.2 Å². The van der Waals surface area contributed by atoms with Crippen LogP contribution in [0.4, 0.5) is 13.9 Å². The molecule has 0 bridgehead atoms. The number of nitrogens with zero attached hydrogens (tertiary/aromatic N) is 2. The van der Waals surface area contributed by atoms with Gasteiger partial charge in [0.25, 0.3) is 5.91 Å². The first-order chi connectivity index (χ1) is 12.6. The number of hydrogen-bond donors (Lipinski definition) is 0. The molecule has 1 aromatic heterocycles. The van der Waals surface area contributed by atoms with E-state index in [1.165, 1.54) is 22.3 Å². The molecule has 1 atom stereocenters. The van der Waals surface area contributed by atoms with E-state index in [-0.39, 0.29) is 18.2 Å². The molecule has 26 heavy (non-hydrogen) atoms. The molecule has 1 aliphatic rings. The lowest BCUT2D eigenvalue weighted by molar-refractivity contribution is 0.0914. The van der Waals surface area contributed by atoms with E-state index in [0.29, 0.717) is 11.7 Å². The second kappa shape index (κ2) is 7.09. The lowest BCUT2D eigenvalue weighted by atomic mass is 10.1. The summed E-state index contributed by atoms with van der Waals surface area (Å²) in [6, 6.07) is 10.5. The summed E-state index contributed by atoms with van der Waals surface area (Å²) in [6.07, 6.45) is 1.65. The summed E-state index contributed by atoms with van der Waals surface area (Å²) in [7, 11) is 0. The van der Waals surface area contributed by atoms with Crippen LogP contribution in [0, 0.1) is 11.6 Å². The van der Waals surface area contributed by atoms with Crippen LogP contribution in [-0.2, 0) is 4.74 Å². The molecule has 0 spiro atoms. The van der Waals surface area contributed by atoms with Gasteiger partial charge in [0.15, 0.2) is 5.13 Å². The van der Waals surface area contributed by atoms with Crippen LogP contribution >= 0.6 is 11.3 Å². The lowest BCUT2D eigenvalue weighted by Gasteiger charge is -2.23. The van der Waals surface area contributed by atoms with Crippen molar-refractivity contribution in [2.24, 2.45) is 0 Å². The fourth-order valence-corrected chi connectivity index (χ4v) is 4.00. The maximum absolute atomic E-state index is 14.2. The topological polar surface area (TPSA) is 42.4 Å². The predicted molar refractivity (Wildman–Crippen MR) is 96.6 cm³/mol. The number of ether oxygens (including phenoxy) is 1. The van der Waals surface area contributed by atoms with Crippen LogP contribution < -0.4 is 4.90 Å². The molecule has 0 saturated carbocycles. The van der Waals surface area contributed by atoms with E-state index in [2.05, 4.69) is 4.98 Å². The number of amides is 1. The number of carbonyl (C=O) groups is 1. The van der Waals surface area contributed by atoms with Gasteiger partial charge in [0.2, 0.25) is 0 Å². The molecule has 0 aliphatic carbocycles. The zero-order chi connectivity index (χ0) is 18.1. The zero-order valence-electron chi connectivity index (χ0n) is 13.8. The third kappa shape index (κ3) is 3.32. The Kier molecular flexibility index (Phi) is 4.65. The molecule has 0 N–H and O–H groups in total.